The van der Waals surface area contributed by atoms with Crippen LogP contribution in [0.25, 0.3) is 5.69 Å². The van der Waals surface area contributed by atoms with E-state index in [2.05, 4.69) is 15.5 Å². The predicted molar refractivity (Wildman–Crippen MR) is 80.0 cm³/mol. The standard InChI is InChI=1S/C16H14N4O2/c1-11-3-8-15(12(2)9-11)22-16(21)13-4-6-14(7-5-13)20-10-17-18-19-20/h3-10H,1-2H3. The molecule has 0 amide bonds. The summed E-state index contributed by atoms with van der Waals surface area (Å²) in [5.41, 5.74) is 3.30. The third kappa shape index (κ3) is 2.85. The van der Waals surface area contributed by atoms with Crippen molar-refractivity contribution >= 4 is 5.97 Å². The lowest BCUT2D eigenvalue weighted by molar-refractivity contribution is 0.0733. The number of hydrogen-bond donors (Lipinski definition) is 0. The Balaban J connectivity index is 1.77. The number of carbonyl (C=O) groups is 1. The van der Waals surface area contributed by atoms with E-state index in [1.807, 2.05) is 26.0 Å². The molecule has 0 fully saturated rings. The maximum atomic E-state index is 12.2. The molecule has 6 nitrogen and oxygen atoms in total. The van der Waals surface area contributed by atoms with Crippen LogP contribution in [0.2, 0.25) is 0 Å². The zero-order chi connectivity index (χ0) is 15.5. The van der Waals surface area contributed by atoms with Crippen molar-refractivity contribution in [3.8, 4) is 11.4 Å². The van der Waals surface area contributed by atoms with Crippen LogP contribution in [0.5, 0.6) is 5.75 Å². The van der Waals surface area contributed by atoms with Crippen molar-refractivity contribution in [3.05, 3.63) is 65.5 Å². The van der Waals surface area contributed by atoms with E-state index in [4.69, 9.17) is 4.74 Å². The van der Waals surface area contributed by atoms with Crippen molar-refractivity contribution in [1.29, 1.82) is 0 Å². The van der Waals surface area contributed by atoms with Crippen LogP contribution in [0.15, 0.2) is 48.8 Å². The second-order valence-corrected chi connectivity index (χ2v) is 4.96. The summed E-state index contributed by atoms with van der Waals surface area (Å²) in [6.07, 6.45) is 1.49. The minimum Gasteiger partial charge on any atom is -0.423 e. The second kappa shape index (κ2) is 5.77. The average molecular weight is 294 g/mol. The zero-order valence-corrected chi connectivity index (χ0v) is 12.2. The number of aromatic nitrogens is 4. The fourth-order valence-electron chi connectivity index (χ4n) is 2.10. The maximum absolute atomic E-state index is 12.2. The molecule has 0 bridgehead atoms. The first kappa shape index (κ1) is 13.9. The summed E-state index contributed by atoms with van der Waals surface area (Å²) in [4.78, 5) is 12.2. The molecule has 110 valence electrons. The highest BCUT2D eigenvalue weighted by Crippen LogP contribution is 2.20. The normalized spacial score (nSPS) is 10.5. The largest absolute Gasteiger partial charge is 0.423 e. The maximum Gasteiger partial charge on any atom is 0.343 e. The van der Waals surface area contributed by atoms with E-state index >= 15 is 0 Å². The smallest absolute Gasteiger partial charge is 0.343 e. The summed E-state index contributed by atoms with van der Waals surface area (Å²) in [7, 11) is 0. The van der Waals surface area contributed by atoms with Crippen LogP contribution < -0.4 is 4.74 Å². The van der Waals surface area contributed by atoms with E-state index < -0.39 is 5.97 Å². The SMILES string of the molecule is Cc1ccc(OC(=O)c2ccc(-n3cnnn3)cc2)c(C)c1. The quantitative estimate of drug-likeness (QED) is 0.548. The number of rotatable bonds is 3. The molecule has 0 atom stereocenters. The minimum absolute atomic E-state index is 0.393. The van der Waals surface area contributed by atoms with Gasteiger partial charge in [0.05, 0.1) is 11.3 Å². The summed E-state index contributed by atoms with van der Waals surface area (Å²) in [6.45, 7) is 3.91. The van der Waals surface area contributed by atoms with Gasteiger partial charge in [-0.3, -0.25) is 0 Å². The molecule has 3 aromatic rings. The lowest BCUT2D eigenvalue weighted by Crippen LogP contribution is -2.09. The summed E-state index contributed by atoms with van der Waals surface area (Å²) in [5.74, 6) is 0.176. The summed E-state index contributed by atoms with van der Waals surface area (Å²) >= 11 is 0. The van der Waals surface area contributed by atoms with Gasteiger partial charge in [-0.15, -0.1) is 5.10 Å². The van der Waals surface area contributed by atoms with E-state index in [-0.39, 0.29) is 0 Å². The van der Waals surface area contributed by atoms with E-state index in [1.54, 1.807) is 30.3 Å². The molecule has 0 unspecified atom stereocenters. The van der Waals surface area contributed by atoms with E-state index in [0.717, 1.165) is 16.8 Å². The average Bonchev–Trinajstić information content (AvgIpc) is 3.04. The highest BCUT2D eigenvalue weighted by Gasteiger charge is 2.10. The fraction of sp³-hybridized carbons (Fsp3) is 0.125. The van der Waals surface area contributed by atoms with Crippen molar-refractivity contribution < 1.29 is 9.53 Å². The molecule has 1 heterocycles. The number of aryl methyl sites for hydroxylation is 2. The van der Waals surface area contributed by atoms with Crippen molar-refractivity contribution in [2.75, 3.05) is 0 Å². The number of esters is 1. The van der Waals surface area contributed by atoms with Gasteiger partial charge in [-0.1, -0.05) is 17.7 Å². The molecule has 0 spiro atoms. The minimum atomic E-state index is -0.393. The summed E-state index contributed by atoms with van der Waals surface area (Å²) in [5, 5.41) is 10.9. The topological polar surface area (TPSA) is 69.9 Å². The number of carbonyl (C=O) groups excluding carboxylic acids is 1. The highest BCUT2D eigenvalue weighted by molar-refractivity contribution is 5.91. The van der Waals surface area contributed by atoms with Crippen LogP contribution in [0.1, 0.15) is 21.5 Å². The third-order valence-electron chi connectivity index (χ3n) is 3.25. The molecule has 0 aliphatic rings. The van der Waals surface area contributed by atoms with Crippen LogP contribution in [0.4, 0.5) is 0 Å². The van der Waals surface area contributed by atoms with E-state index in [0.29, 0.717) is 11.3 Å². The molecule has 0 N–H and O–H groups in total. The van der Waals surface area contributed by atoms with Gasteiger partial charge in [0, 0.05) is 0 Å². The monoisotopic (exact) mass is 294 g/mol. The van der Waals surface area contributed by atoms with E-state index in [1.165, 1.54) is 11.0 Å². The van der Waals surface area contributed by atoms with Gasteiger partial charge in [-0.25, -0.2) is 9.48 Å². The van der Waals surface area contributed by atoms with E-state index in [9.17, 15) is 4.79 Å². The van der Waals surface area contributed by atoms with Gasteiger partial charge in [0.15, 0.2) is 0 Å². The molecule has 1 aromatic heterocycles. The molecule has 0 saturated heterocycles. The zero-order valence-electron chi connectivity index (χ0n) is 12.2. The first-order valence-corrected chi connectivity index (χ1v) is 6.76. The van der Waals surface area contributed by atoms with Gasteiger partial charge in [-0.05, 0) is 60.2 Å². The fourth-order valence-corrected chi connectivity index (χ4v) is 2.10. The van der Waals surface area contributed by atoms with Crippen LogP contribution in [-0.4, -0.2) is 26.2 Å². The number of tetrazole rings is 1. The molecular formula is C16H14N4O2. The Bertz CT molecular complexity index is 796. The van der Waals surface area contributed by atoms with Gasteiger partial charge < -0.3 is 4.74 Å². The second-order valence-electron chi connectivity index (χ2n) is 4.96. The van der Waals surface area contributed by atoms with Crippen molar-refractivity contribution in [2.24, 2.45) is 0 Å². The van der Waals surface area contributed by atoms with Crippen LogP contribution in [-0.2, 0) is 0 Å². The van der Waals surface area contributed by atoms with Gasteiger partial charge in [0.2, 0.25) is 0 Å². The molecule has 0 saturated carbocycles. The Hall–Kier alpha value is -3.02. The molecule has 6 heteroatoms. The highest BCUT2D eigenvalue weighted by atomic mass is 16.5. The lowest BCUT2D eigenvalue weighted by atomic mass is 10.1. The molecule has 0 radical (unpaired) electrons. The van der Waals surface area contributed by atoms with Gasteiger partial charge in [0.25, 0.3) is 0 Å². The summed E-state index contributed by atoms with van der Waals surface area (Å²) < 4.78 is 6.94. The first-order valence-electron chi connectivity index (χ1n) is 6.76. The molecule has 3 rings (SSSR count). The Morgan fingerprint density at radius 1 is 1.09 bits per heavy atom. The van der Waals surface area contributed by atoms with Crippen LogP contribution in [0, 0.1) is 13.8 Å². The Labute approximate surface area is 127 Å². The Morgan fingerprint density at radius 3 is 2.50 bits per heavy atom. The molecule has 2 aromatic carbocycles. The van der Waals surface area contributed by atoms with Crippen LogP contribution >= 0.6 is 0 Å². The van der Waals surface area contributed by atoms with Gasteiger partial charge in [-0.2, -0.15) is 0 Å². The number of hydrogen-bond acceptors (Lipinski definition) is 5. The van der Waals surface area contributed by atoms with Crippen molar-refractivity contribution in [1.82, 2.24) is 20.2 Å². The Morgan fingerprint density at radius 2 is 1.86 bits per heavy atom. The number of nitrogens with zero attached hydrogens (tertiary/aromatic N) is 4. The third-order valence-corrected chi connectivity index (χ3v) is 3.25. The number of ether oxygens (including phenoxy) is 1. The Kier molecular flexibility index (Phi) is 3.65. The van der Waals surface area contributed by atoms with Gasteiger partial charge >= 0.3 is 5.97 Å². The molecule has 22 heavy (non-hydrogen) atoms. The van der Waals surface area contributed by atoms with Crippen molar-refractivity contribution in [2.45, 2.75) is 13.8 Å². The molecule has 0 aliphatic heterocycles. The van der Waals surface area contributed by atoms with Crippen LogP contribution in [0.3, 0.4) is 0 Å². The first-order chi connectivity index (χ1) is 10.6. The summed E-state index contributed by atoms with van der Waals surface area (Å²) in [6, 6.07) is 12.6. The predicted octanol–water partition coefficient (Wildman–Crippen LogP) is 2.50. The molecule has 0 aliphatic carbocycles. The lowest BCUT2D eigenvalue weighted by Gasteiger charge is -2.08. The number of benzene rings is 2. The van der Waals surface area contributed by atoms with Gasteiger partial charge in [0.1, 0.15) is 12.1 Å². The van der Waals surface area contributed by atoms with Crippen molar-refractivity contribution in [3.63, 3.8) is 0 Å². The molecular weight excluding hydrogens is 280 g/mol.